The Morgan fingerprint density at radius 3 is 2.30 bits per heavy atom. The van der Waals surface area contributed by atoms with Gasteiger partial charge in [0.1, 0.15) is 12.4 Å². The molecule has 0 aromatic heterocycles. The van der Waals surface area contributed by atoms with Gasteiger partial charge >= 0.3 is 12.4 Å². The second-order valence-corrected chi connectivity index (χ2v) is 8.16. The molecule has 10 heteroatoms. The largest absolute Gasteiger partial charge is 0.475 e. The summed E-state index contributed by atoms with van der Waals surface area (Å²) in [4.78, 5) is 4.09. The van der Waals surface area contributed by atoms with E-state index in [2.05, 4.69) is 4.99 Å². The average molecular weight is 451 g/mol. The number of nitrogens with zero attached hydrogens (tertiary/aromatic N) is 1. The summed E-state index contributed by atoms with van der Waals surface area (Å²) in [6.45, 7) is 2.37. The first-order valence-electron chi connectivity index (χ1n) is 9.02. The van der Waals surface area contributed by atoms with E-state index in [1.54, 1.807) is 6.92 Å². The van der Waals surface area contributed by atoms with Crippen LogP contribution in [0.3, 0.4) is 0 Å². The molecule has 30 heavy (non-hydrogen) atoms. The van der Waals surface area contributed by atoms with Gasteiger partial charge in [0.05, 0.1) is 17.7 Å². The molecule has 2 nitrogen and oxygen atoms in total. The fraction of sp³-hybridized carbons (Fsp3) is 0.350. The Bertz CT molecular complexity index is 953. The molecule has 1 heterocycles. The lowest BCUT2D eigenvalue weighted by Gasteiger charge is -2.20. The molecule has 3 rings (SSSR count). The molecule has 2 aromatic rings. The van der Waals surface area contributed by atoms with Crippen LogP contribution in [0, 0.1) is 5.82 Å². The van der Waals surface area contributed by atoms with Crippen LogP contribution in [-0.4, -0.2) is 19.0 Å². The van der Waals surface area contributed by atoms with Crippen LogP contribution in [0.5, 0.6) is 0 Å². The first kappa shape index (κ1) is 22.5. The molecule has 2 aromatic carbocycles. The number of rotatable bonds is 5. The highest BCUT2D eigenvalue weighted by Gasteiger charge is 2.35. The molecular formula is C20H17F7NOP. The maximum absolute atomic E-state index is 14.0. The van der Waals surface area contributed by atoms with E-state index in [4.69, 9.17) is 4.74 Å². The van der Waals surface area contributed by atoms with Crippen LogP contribution in [0.4, 0.5) is 30.7 Å². The highest BCUT2D eigenvalue weighted by atomic mass is 31.1. The second kappa shape index (κ2) is 8.53. The summed E-state index contributed by atoms with van der Waals surface area (Å²) in [6.07, 6.45) is -8.89. The van der Waals surface area contributed by atoms with Crippen molar-refractivity contribution in [3.63, 3.8) is 0 Å². The molecule has 0 bridgehead atoms. The minimum atomic E-state index is -4.80. The summed E-state index contributed by atoms with van der Waals surface area (Å²) in [7, 11) is -0.118. The van der Waals surface area contributed by atoms with Gasteiger partial charge in [0.15, 0.2) is 0 Å². The van der Waals surface area contributed by atoms with Gasteiger partial charge in [0.2, 0.25) is 5.90 Å². The summed E-state index contributed by atoms with van der Waals surface area (Å²) in [5, 5.41) is 0.524. The zero-order chi connectivity index (χ0) is 22.1. The van der Waals surface area contributed by atoms with Crippen LogP contribution in [-0.2, 0) is 17.1 Å². The molecule has 2 atom stereocenters. The summed E-state index contributed by atoms with van der Waals surface area (Å²) in [5.74, 6) is -1.27. The van der Waals surface area contributed by atoms with Gasteiger partial charge in [-0.2, -0.15) is 26.3 Å². The predicted octanol–water partition coefficient (Wildman–Crippen LogP) is 6.10. The fourth-order valence-corrected chi connectivity index (χ4v) is 4.55. The van der Waals surface area contributed by atoms with Gasteiger partial charge in [-0.25, -0.2) is 9.38 Å². The average Bonchev–Trinajstić information content (AvgIpc) is 3.18. The third-order valence-corrected chi connectivity index (χ3v) is 6.44. The molecule has 0 radical (unpaired) electrons. The summed E-state index contributed by atoms with van der Waals surface area (Å²) >= 11 is 0. The molecule has 0 saturated carbocycles. The van der Waals surface area contributed by atoms with Crippen molar-refractivity contribution in [2.75, 3.05) is 13.2 Å². The van der Waals surface area contributed by atoms with E-state index >= 15 is 0 Å². The van der Waals surface area contributed by atoms with Crippen LogP contribution in [0.1, 0.15) is 41.3 Å². The normalized spacial score (nSPS) is 16.1. The van der Waals surface area contributed by atoms with Crippen LogP contribution < -0.4 is 5.30 Å². The Kier molecular flexibility index (Phi) is 6.41. The molecule has 0 N–H and O–H groups in total. The molecule has 0 aliphatic carbocycles. The predicted molar refractivity (Wildman–Crippen MR) is 101 cm³/mol. The molecule has 1 aliphatic heterocycles. The molecule has 0 fully saturated rings. The third-order valence-electron chi connectivity index (χ3n) is 4.60. The van der Waals surface area contributed by atoms with Crippen molar-refractivity contribution in [3.05, 3.63) is 64.5 Å². The van der Waals surface area contributed by atoms with Crippen molar-refractivity contribution < 1.29 is 35.5 Å². The number of aliphatic imine (C=N–C) groups is 1. The summed E-state index contributed by atoms with van der Waals surface area (Å²) in [6, 6.07) is 5.98. The summed E-state index contributed by atoms with van der Waals surface area (Å²) in [5.41, 5.74) is -2.03. The SMILES string of the molecule is CCC(Pc1ccc(C(F)(F)F)cc1C1=NCCO1)c1ccc(C(F)(F)F)c(F)c1. The standard InChI is InChI=1S/C20H17F7NOP/c1-2-16(11-3-5-14(15(21)9-11)20(25,26)27)30-17-6-4-12(19(22,23)24)10-13(17)18-28-7-8-29-18/h3-6,9-10,16,30H,2,7-8H2,1H3. The van der Waals surface area contributed by atoms with E-state index in [0.717, 1.165) is 18.2 Å². The number of halogens is 7. The maximum atomic E-state index is 14.0. The molecule has 1 aliphatic rings. The van der Waals surface area contributed by atoms with Crippen LogP contribution in [0.2, 0.25) is 0 Å². The van der Waals surface area contributed by atoms with Gasteiger partial charge in [0.25, 0.3) is 0 Å². The van der Waals surface area contributed by atoms with Crippen molar-refractivity contribution in [2.45, 2.75) is 31.4 Å². The first-order chi connectivity index (χ1) is 14.0. The molecule has 0 saturated heterocycles. The van der Waals surface area contributed by atoms with Crippen LogP contribution >= 0.6 is 8.58 Å². The summed E-state index contributed by atoms with van der Waals surface area (Å²) < 4.78 is 97.2. The van der Waals surface area contributed by atoms with Crippen molar-refractivity contribution in [1.82, 2.24) is 0 Å². The van der Waals surface area contributed by atoms with E-state index in [9.17, 15) is 30.7 Å². The second-order valence-electron chi connectivity index (χ2n) is 6.64. The van der Waals surface area contributed by atoms with E-state index in [-0.39, 0.29) is 32.3 Å². The number of alkyl halides is 6. The smallest absolute Gasteiger partial charge is 0.419 e. The maximum Gasteiger partial charge on any atom is 0.419 e. The molecule has 0 amide bonds. The van der Waals surface area contributed by atoms with E-state index < -0.39 is 29.3 Å². The Morgan fingerprint density at radius 2 is 1.77 bits per heavy atom. The lowest BCUT2D eigenvalue weighted by Crippen LogP contribution is -2.17. The molecule has 162 valence electrons. The number of ether oxygens (including phenoxy) is 1. The van der Waals surface area contributed by atoms with Gasteiger partial charge in [-0.15, -0.1) is 0 Å². The Hall–Kier alpha value is -2.15. The topological polar surface area (TPSA) is 21.6 Å². The first-order valence-corrected chi connectivity index (χ1v) is 10.1. The lowest BCUT2D eigenvalue weighted by atomic mass is 10.1. The van der Waals surface area contributed by atoms with Gasteiger partial charge in [-0.1, -0.05) is 27.6 Å². The third kappa shape index (κ3) is 4.94. The molecule has 2 unspecified atom stereocenters. The number of benzene rings is 2. The number of hydrogen-bond acceptors (Lipinski definition) is 2. The van der Waals surface area contributed by atoms with Gasteiger partial charge in [-0.3, -0.25) is 0 Å². The number of hydrogen-bond donors (Lipinski definition) is 0. The minimum absolute atomic E-state index is 0.108. The molecule has 0 spiro atoms. The monoisotopic (exact) mass is 451 g/mol. The fourth-order valence-electron chi connectivity index (χ4n) is 3.11. The Labute approximate surface area is 169 Å². The van der Waals surface area contributed by atoms with Gasteiger partial charge in [-0.05, 0) is 41.6 Å². The van der Waals surface area contributed by atoms with Gasteiger partial charge in [0, 0.05) is 11.2 Å². The highest BCUT2D eigenvalue weighted by molar-refractivity contribution is 7.47. The Balaban J connectivity index is 1.96. The lowest BCUT2D eigenvalue weighted by molar-refractivity contribution is -0.140. The van der Waals surface area contributed by atoms with Crippen molar-refractivity contribution in [3.8, 4) is 0 Å². The van der Waals surface area contributed by atoms with Crippen molar-refractivity contribution in [2.24, 2.45) is 4.99 Å². The zero-order valence-electron chi connectivity index (χ0n) is 15.7. The molecular weight excluding hydrogens is 434 g/mol. The zero-order valence-corrected chi connectivity index (χ0v) is 16.7. The Morgan fingerprint density at radius 1 is 1.03 bits per heavy atom. The van der Waals surface area contributed by atoms with E-state index in [1.807, 2.05) is 0 Å². The van der Waals surface area contributed by atoms with Crippen molar-refractivity contribution in [1.29, 1.82) is 0 Å². The minimum Gasteiger partial charge on any atom is -0.475 e. The van der Waals surface area contributed by atoms with Crippen LogP contribution in [0.25, 0.3) is 0 Å². The van der Waals surface area contributed by atoms with Gasteiger partial charge < -0.3 is 4.74 Å². The quantitative estimate of drug-likeness (QED) is 0.398. The van der Waals surface area contributed by atoms with E-state index in [1.165, 1.54) is 12.1 Å². The highest BCUT2D eigenvalue weighted by Crippen LogP contribution is 2.41. The van der Waals surface area contributed by atoms with E-state index in [0.29, 0.717) is 29.9 Å². The van der Waals surface area contributed by atoms with Crippen LogP contribution in [0.15, 0.2) is 41.4 Å². The van der Waals surface area contributed by atoms with Crippen molar-refractivity contribution >= 4 is 19.8 Å².